The van der Waals surface area contributed by atoms with Gasteiger partial charge in [-0.05, 0) is 24.3 Å². The molecule has 0 unspecified atom stereocenters. The van der Waals surface area contributed by atoms with Crippen molar-refractivity contribution in [1.29, 1.82) is 0 Å². The highest BCUT2D eigenvalue weighted by molar-refractivity contribution is 5.62. The van der Waals surface area contributed by atoms with E-state index in [4.69, 9.17) is 11.5 Å². The van der Waals surface area contributed by atoms with Gasteiger partial charge in [0, 0.05) is 23.5 Å². The summed E-state index contributed by atoms with van der Waals surface area (Å²) in [6.07, 6.45) is -35.2. The van der Waals surface area contributed by atoms with Gasteiger partial charge in [-0.3, -0.25) is 0 Å². The first-order valence-electron chi connectivity index (χ1n) is 11.3. The molecule has 0 fully saturated rings. The van der Waals surface area contributed by atoms with Crippen molar-refractivity contribution in [3.8, 4) is 23.0 Å². The van der Waals surface area contributed by atoms with Gasteiger partial charge in [0.25, 0.3) is 0 Å². The van der Waals surface area contributed by atoms with E-state index < -0.39 is 123 Å². The normalized spacial score (nSPS) is 13.6. The third kappa shape index (κ3) is 7.52. The largest absolute Gasteiger partial charge is 0.456 e. The Bertz CT molecular complexity index is 1630. The number of ether oxygens (including phenoxy) is 2. The van der Waals surface area contributed by atoms with Gasteiger partial charge < -0.3 is 20.9 Å². The van der Waals surface area contributed by atoms with E-state index in [0.717, 1.165) is 0 Å². The molecule has 254 valence electrons. The van der Waals surface area contributed by atoms with Crippen LogP contribution in [0.4, 0.5) is 90.4 Å². The Morgan fingerprint density at radius 1 is 0.370 bits per heavy atom. The van der Waals surface area contributed by atoms with Crippen LogP contribution in [0, 0.1) is 0 Å². The minimum atomic E-state index is -6.24. The lowest BCUT2D eigenvalue weighted by atomic mass is 10.0. The van der Waals surface area contributed by atoms with E-state index in [-0.39, 0.29) is 18.2 Å². The lowest BCUT2D eigenvalue weighted by Crippen LogP contribution is -2.18. The molecule has 0 radical (unpaired) electrons. The number of hydrogen-bond acceptors (Lipinski definition) is 4. The molecule has 4 N–H and O–H groups in total. The van der Waals surface area contributed by atoms with E-state index in [1.807, 2.05) is 0 Å². The summed E-state index contributed by atoms with van der Waals surface area (Å²) in [5.41, 5.74) is -8.01. The molecule has 0 heterocycles. The van der Waals surface area contributed by atoms with Crippen LogP contribution in [-0.4, -0.2) is 0 Å². The standard InChI is InChI=1S/C24H10F18N2O2/c25-19(26,27)7-1-2-14(45-15-5-12(43)8(20(28,29)30)3-10(15)22(34,35)36)17(24(40,41)42)18(7)46-16-6-13(44)9(21(31,32)33)4-11(16)23(37,38)39/h1-6H,43-44H2. The van der Waals surface area contributed by atoms with Crippen LogP contribution in [0.5, 0.6) is 23.0 Å². The zero-order valence-corrected chi connectivity index (χ0v) is 21.2. The predicted octanol–water partition coefficient (Wildman–Crippen LogP) is 10.5. The van der Waals surface area contributed by atoms with Gasteiger partial charge in [0.05, 0.1) is 27.8 Å². The Kier molecular flexibility index (Phi) is 8.74. The maximum Gasteiger partial charge on any atom is 0.423 e. The molecule has 0 bridgehead atoms. The zero-order valence-electron chi connectivity index (χ0n) is 21.2. The van der Waals surface area contributed by atoms with E-state index in [1.165, 1.54) is 0 Å². The predicted molar refractivity (Wildman–Crippen MR) is 118 cm³/mol. The van der Waals surface area contributed by atoms with Crippen LogP contribution in [0.15, 0.2) is 36.4 Å². The average Bonchev–Trinajstić information content (AvgIpc) is 2.79. The van der Waals surface area contributed by atoms with Crippen molar-refractivity contribution < 1.29 is 88.5 Å². The molecule has 0 aliphatic carbocycles. The Morgan fingerprint density at radius 2 is 0.717 bits per heavy atom. The van der Waals surface area contributed by atoms with Crippen LogP contribution in [0.2, 0.25) is 0 Å². The van der Waals surface area contributed by atoms with E-state index >= 15 is 0 Å². The third-order valence-electron chi connectivity index (χ3n) is 5.67. The Morgan fingerprint density at radius 3 is 1.04 bits per heavy atom. The van der Waals surface area contributed by atoms with Crippen LogP contribution < -0.4 is 20.9 Å². The van der Waals surface area contributed by atoms with Gasteiger partial charge in [0.2, 0.25) is 0 Å². The molecule has 0 saturated heterocycles. The molecule has 0 amide bonds. The second-order valence-corrected chi connectivity index (χ2v) is 8.88. The van der Waals surface area contributed by atoms with Crippen molar-refractivity contribution in [1.82, 2.24) is 0 Å². The molecule has 0 atom stereocenters. The van der Waals surface area contributed by atoms with Crippen LogP contribution in [0.1, 0.15) is 33.4 Å². The summed E-state index contributed by atoms with van der Waals surface area (Å²) < 4.78 is 253. The second-order valence-electron chi connectivity index (χ2n) is 8.88. The highest BCUT2D eigenvalue weighted by Crippen LogP contribution is 2.54. The van der Waals surface area contributed by atoms with Crippen molar-refractivity contribution in [2.75, 3.05) is 11.5 Å². The molecule has 0 aromatic heterocycles. The molecule has 0 aliphatic rings. The third-order valence-corrected chi connectivity index (χ3v) is 5.67. The van der Waals surface area contributed by atoms with Crippen molar-refractivity contribution in [3.63, 3.8) is 0 Å². The Balaban J connectivity index is 2.42. The van der Waals surface area contributed by atoms with Gasteiger partial charge in [0.1, 0.15) is 22.8 Å². The number of benzene rings is 3. The molecule has 3 aromatic rings. The molecular weight excluding hydrogens is 690 g/mol. The van der Waals surface area contributed by atoms with Gasteiger partial charge >= 0.3 is 37.1 Å². The maximum absolute atomic E-state index is 14.2. The molecule has 0 spiro atoms. The number of halogens is 18. The molecule has 0 saturated carbocycles. The van der Waals surface area contributed by atoms with Gasteiger partial charge in [-0.25, -0.2) is 0 Å². The molecule has 22 heteroatoms. The van der Waals surface area contributed by atoms with Crippen LogP contribution in [0.25, 0.3) is 0 Å². The number of hydrogen-bond donors (Lipinski definition) is 2. The molecule has 3 aromatic carbocycles. The van der Waals surface area contributed by atoms with Gasteiger partial charge in [-0.2, -0.15) is 79.0 Å². The summed E-state index contributed by atoms with van der Waals surface area (Å²) in [4.78, 5) is 0. The SMILES string of the molecule is Nc1cc(Oc2ccc(C(F)(F)F)c(Oc3cc(N)c(C(F)(F)F)cc3C(F)(F)F)c2C(F)(F)F)c(C(F)(F)F)cc1C(F)(F)F. The first-order valence-corrected chi connectivity index (χ1v) is 11.3. The number of nitrogen functional groups attached to an aromatic ring is 2. The lowest BCUT2D eigenvalue weighted by Gasteiger charge is -2.24. The topological polar surface area (TPSA) is 70.5 Å². The number of nitrogens with two attached hydrogens (primary N) is 2. The second kappa shape index (κ2) is 11.1. The summed E-state index contributed by atoms with van der Waals surface area (Å²) in [5.74, 6) is -8.87. The average molecular weight is 700 g/mol. The maximum atomic E-state index is 14.2. The van der Waals surface area contributed by atoms with E-state index in [9.17, 15) is 79.0 Å². The summed E-state index contributed by atoms with van der Waals surface area (Å²) in [7, 11) is 0. The Labute approximate surface area is 242 Å². The van der Waals surface area contributed by atoms with Crippen molar-refractivity contribution in [3.05, 3.63) is 69.8 Å². The molecular formula is C24H10F18N2O2. The van der Waals surface area contributed by atoms with Crippen LogP contribution in [-0.2, 0) is 37.1 Å². The summed E-state index contributed by atoms with van der Waals surface area (Å²) in [5, 5.41) is 0. The first kappa shape index (κ1) is 36.1. The summed E-state index contributed by atoms with van der Waals surface area (Å²) in [6, 6.07) is -2.84. The first-order chi connectivity index (χ1) is 20.4. The number of anilines is 2. The summed E-state index contributed by atoms with van der Waals surface area (Å²) in [6.45, 7) is 0. The smallest absolute Gasteiger partial charge is 0.423 e. The zero-order chi connectivity index (χ0) is 35.6. The van der Waals surface area contributed by atoms with Crippen LogP contribution in [0.3, 0.4) is 0 Å². The fraction of sp³-hybridized carbons (Fsp3) is 0.250. The molecule has 3 rings (SSSR count). The van der Waals surface area contributed by atoms with Crippen molar-refractivity contribution in [2.24, 2.45) is 0 Å². The van der Waals surface area contributed by atoms with Crippen LogP contribution >= 0.6 is 0 Å². The summed E-state index contributed by atoms with van der Waals surface area (Å²) >= 11 is 0. The number of alkyl halides is 18. The number of rotatable bonds is 4. The van der Waals surface area contributed by atoms with E-state index in [1.54, 1.807) is 0 Å². The van der Waals surface area contributed by atoms with Crippen molar-refractivity contribution >= 4 is 11.4 Å². The highest BCUT2D eigenvalue weighted by atomic mass is 19.4. The fourth-order valence-corrected chi connectivity index (χ4v) is 3.77. The van der Waals surface area contributed by atoms with Gasteiger partial charge in [-0.15, -0.1) is 0 Å². The van der Waals surface area contributed by atoms with Crippen molar-refractivity contribution in [2.45, 2.75) is 37.1 Å². The van der Waals surface area contributed by atoms with Gasteiger partial charge in [0.15, 0.2) is 5.75 Å². The molecule has 4 nitrogen and oxygen atoms in total. The monoisotopic (exact) mass is 700 g/mol. The van der Waals surface area contributed by atoms with E-state index in [2.05, 4.69) is 9.47 Å². The quantitative estimate of drug-likeness (QED) is 0.210. The molecule has 0 aliphatic heterocycles. The Hall–Kier alpha value is -4.40. The van der Waals surface area contributed by atoms with E-state index in [0.29, 0.717) is 0 Å². The van der Waals surface area contributed by atoms with Gasteiger partial charge in [-0.1, -0.05) is 0 Å². The highest BCUT2D eigenvalue weighted by Gasteiger charge is 2.48. The lowest BCUT2D eigenvalue weighted by molar-refractivity contribution is -0.146. The minimum Gasteiger partial charge on any atom is -0.456 e. The fourth-order valence-electron chi connectivity index (χ4n) is 3.77. The minimum absolute atomic E-state index is 0.275. The molecule has 46 heavy (non-hydrogen) atoms.